The zero-order valence-corrected chi connectivity index (χ0v) is 23.3. The first-order valence-corrected chi connectivity index (χ1v) is 13.4. The number of nitrogens with one attached hydrogen (secondary N) is 1. The van der Waals surface area contributed by atoms with E-state index in [2.05, 4.69) is 5.32 Å². The fraction of sp³-hybridized carbons (Fsp3) is 0.483. The van der Waals surface area contributed by atoms with Crippen molar-refractivity contribution in [2.45, 2.75) is 64.6 Å². The largest absolute Gasteiger partial charge is 0.487 e. The van der Waals surface area contributed by atoms with E-state index in [0.29, 0.717) is 30.8 Å². The predicted molar refractivity (Wildman–Crippen MR) is 142 cm³/mol. The molecule has 0 aromatic heterocycles. The van der Waals surface area contributed by atoms with E-state index in [1.165, 1.54) is 36.4 Å². The number of carbonyl (C=O) groups is 3. The second-order valence-corrected chi connectivity index (χ2v) is 10.8. The highest BCUT2D eigenvalue weighted by atomic mass is 35.5. The molecule has 1 aliphatic rings. The molecule has 224 valence electrons. The van der Waals surface area contributed by atoms with Crippen molar-refractivity contribution in [3.8, 4) is 5.75 Å². The van der Waals surface area contributed by atoms with E-state index in [1.54, 1.807) is 0 Å². The first-order valence-electron chi connectivity index (χ1n) is 13.0. The zero-order chi connectivity index (χ0) is 30.4. The Morgan fingerprint density at radius 2 is 1.76 bits per heavy atom. The summed E-state index contributed by atoms with van der Waals surface area (Å²) in [5, 5.41) is 2.90. The van der Waals surface area contributed by atoms with Gasteiger partial charge in [0, 0.05) is 25.0 Å². The molecule has 3 rings (SSSR count). The molecule has 0 radical (unpaired) electrons. The van der Waals surface area contributed by atoms with E-state index in [1.807, 2.05) is 0 Å². The van der Waals surface area contributed by atoms with Gasteiger partial charge in [0.1, 0.15) is 23.6 Å². The Bertz CT molecular complexity index is 1260. The molecule has 1 amide bonds. The number of aryl methyl sites for hydroxylation is 1. The lowest BCUT2D eigenvalue weighted by Gasteiger charge is -2.26. The predicted octanol–water partition coefficient (Wildman–Crippen LogP) is 6.41. The molecular formula is C29H31ClF5NO5. The lowest BCUT2D eigenvalue weighted by atomic mass is 9.84. The Morgan fingerprint density at radius 3 is 2.39 bits per heavy atom. The highest BCUT2D eigenvalue weighted by molar-refractivity contribution is 6.34. The second-order valence-electron chi connectivity index (χ2n) is 10.4. The van der Waals surface area contributed by atoms with Crippen molar-refractivity contribution in [2.75, 3.05) is 19.8 Å². The summed E-state index contributed by atoms with van der Waals surface area (Å²) in [6, 6.07) is 8.30. The number of halogens is 6. The monoisotopic (exact) mass is 603 g/mol. The van der Waals surface area contributed by atoms with E-state index in [-0.39, 0.29) is 47.2 Å². The van der Waals surface area contributed by atoms with Gasteiger partial charge in [0.15, 0.2) is 5.78 Å². The lowest BCUT2D eigenvalue weighted by Crippen LogP contribution is -2.40. The van der Waals surface area contributed by atoms with E-state index in [9.17, 15) is 36.3 Å². The number of hydrogen-bond donors (Lipinski definition) is 1. The van der Waals surface area contributed by atoms with Gasteiger partial charge in [-0.1, -0.05) is 23.7 Å². The van der Waals surface area contributed by atoms with Gasteiger partial charge in [-0.15, -0.1) is 0 Å². The van der Waals surface area contributed by atoms with Gasteiger partial charge in [0.05, 0.1) is 23.2 Å². The Kier molecular flexibility index (Phi) is 10.9. The van der Waals surface area contributed by atoms with Crippen LogP contribution in [0.2, 0.25) is 5.02 Å². The minimum Gasteiger partial charge on any atom is -0.487 e. The first kappa shape index (κ1) is 32.5. The Hall–Kier alpha value is -3.05. The number of benzene rings is 2. The van der Waals surface area contributed by atoms with E-state index in [4.69, 9.17) is 21.1 Å². The van der Waals surface area contributed by atoms with Crippen LogP contribution in [0.5, 0.6) is 5.75 Å². The van der Waals surface area contributed by atoms with Crippen molar-refractivity contribution in [3.63, 3.8) is 0 Å². The Labute approximate surface area is 239 Å². The SMILES string of the molecule is CC(C)(C(=O)CCc1ccc(Cl)c(C(=O)Cc2ccc(OCC(F)F)c(C(=O)NC3CCCOC3)c2)c1)C(F)(F)F. The molecule has 6 nitrogen and oxygen atoms in total. The number of alkyl halides is 5. The van der Waals surface area contributed by atoms with Gasteiger partial charge in [-0.25, -0.2) is 8.78 Å². The molecule has 1 fully saturated rings. The Morgan fingerprint density at radius 1 is 1.07 bits per heavy atom. The molecule has 1 atom stereocenters. The highest BCUT2D eigenvalue weighted by Gasteiger charge is 2.51. The van der Waals surface area contributed by atoms with Gasteiger partial charge < -0.3 is 14.8 Å². The van der Waals surface area contributed by atoms with Crippen LogP contribution >= 0.6 is 11.6 Å². The lowest BCUT2D eigenvalue weighted by molar-refractivity contribution is -0.210. The number of rotatable bonds is 12. The van der Waals surface area contributed by atoms with E-state index in [0.717, 1.165) is 20.3 Å². The maximum atomic E-state index is 13.2. The summed E-state index contributed by atoms with van der Waals surface area (Å²) in [4.78, 5) is 38.4. The van der Waals surface area contributed by atoms with Crippen LogP contribution in [0.25, 0.3) is 0 Å². The second kappa shape index (κ2) is 13.7. The molecule has 1 N–H and O–H groups in total. The molecule has 0 spiro atoms. The van der Waals surface area contributed by atoms with Crippen LogP contribution in [0.3, 0.4) is 0 Å². The summed E-state index contributed by atoms with van der Waals surface area (Å²) < 4.78 is 75.6. The summed E-state index contributed by atoms with van der Waals surface area (Å²) in [6.45, 7) is 1.63. The summed E-state index contributed by atoms with van der Waals surface area (Å²) in [5.41, 5.74) is -1.60. The number of ketones is 2. The third kappa shape index (κ3) is 8.72. The molecule has 1 saturated heterocycles. The fourth-order valence-corrected chi connectivity index (χ4v) is 4.43. The molecule has 1 heterocycles. The first-order chi connectivity index (χ1) is 19.2. The molecule has 2 aromatic rings. The maximum Gasteiger partial charge on any atom is 0.400 e. The Balaban J connectivity index is 1.77. The summed E-state index contributed by atoms with van der Waals surface area (Å²) in [5.74, 6) is -2.06. The molecule has 0 bridgehead atoms. The number of Topliss-reactive ketones (excluding diaryl/α,β-unsaturated/α-hetero) is 2. The fourth-order valence-electron chi connectivity index (χ4n) is 4.21. The number of amides is 1. The normalized spacial score (nSPS) is 16.0. The van der Waals surface area contributed by atoms with Gasteiger partial charge >= 0.3 is 6.18 Å². The highest BCUT2D eigenvalue weighted by Crippen LogP contribution is 2.39. The maximum absolute atomic E-state index is 13.2. The van der Waals surface area contributed by atoms with Crippen molar-refractivity contribution in [1.29, 1.82) is 0 Å². The molecule has 0 saturated carbocycles. The van der Waals surface area contributed by atoms with Gasteiger partial charge in [-0.3, -0.25) is 14.4 Å². The standard InChI is InChI=1S/C29H31ClF5NO5/c1-28(2,29(33,34)35)25(38)10-7-17-5-8-22(30)20(12-17)23(37)14-18-6-9-24(41-16-26(31)32)21(13-18)27(39)36-19-4-3-11-40-15-19/h5-6,8-9,12-13,19,26H,3-4,7,10-11,14-16H2,1-2H3,(H,36,39). The van der Waals surface area contributed by atoms with Crippen LogP contribution in [0.15, 0.2) is 36.4 Å². The zero-order valence-electron chi connectivity index (χ0n) is 22.6. The van der Waals surface area contributed by atoms with Crippen LogP contribution in [0.1, 0.15) is 65.0 Å². The molecule has 0 aliphatic carbocycles. The van der Waals surface area contributed by atoms with Crippen molar-refractivity contribution < 1.29 is 45.8 Å². The molecule has 2 aromatic carbocycles. The molecule has 1 aliphatic heterocycles. The quantitative estimate of drug-likeness (QED) is 0.224. The van der Waals surface area contributed by atoms with Crippen molar-refractivity contribution >= 4 is 29.1 Å². The average molecular weight is 604 g/mol. The average Bonchev–Trinajstić information content (AvgIpc) is 2.91. The summed E-state index contributed by atoms with van der Waals surface area (Å²) in [6.07, 6.45) is -6.64. The van der Waals surface area contributed by atoms with Crippen LogP contribution in [-0.2, 0) is 22.4 Å². The van der Waals surface area contributed by atoms with Gasteiger partial charge in [-0.2, -0.15) is 13.2 Å². The van der Waals surface area contributed by atoms with Crippen molar-refractivity contribution in [1.82, 2.24) is 5.32 Å². The number of hydrogen-bond acceptors (Lipinski definition) is 5. The number of ether oxygens (including phenoxy) is 2. The van der Waals surface area contributed by atoms with Crippen LogP contribution < -0.4 is 10.1 Å². The topological polar surface area (TPSA) is 81.7 Å². The smallest absolute Gasteiger partial charge is 0.400 e. The molecule has 41 heavy (non-hydrogen) atoms. The summed E-state index contributed by atoms with van der Waals surface area (Å²) in [7, 11) is 0. The number of carbonyl (C=O) groups excluding carboxylic acids is 3. The molecular weight excluding hydrogens is 573 g/mol. The van der Waals surface area contributed by atoms with Crippen molar-refractivity contribution in [3.05, 3.63) is 63.7 Å². The van der Waals surface area contributed by atoms with E-state index < -0.39 is 42.1 Å². The van der Waals surface area contributed by atoms with E-state index >= 15 is 0 Å². The minimum absolute atomic E-state index is 0.0211. The molecule has 12 heteroatoms. The third-order valence-electron chi connectivity index (χ3n) is 6.89. The molecule has 1 unspecified atom stereocenters. The minimum atomic E-state index is -4.69. The van der Waals surface area contributed by atoms with Crippen LogP contribution in [0, 0.1) is 5.41 Å². The van der Waals surface area contributed by atoms with Crippen molar-refractivity contribution in [2.24, 2.45) is 5.41 Å². The van der Waals surface area contributed by atoms with Gasteiger partial charge in [-0.05, 0) is 68.5 Å². The third-order valence-corrected chi connectivity index (χ3v) is 7.22. The van der Waals surface area contributed by atoms with Gasteiger partial charge in [0.25, 0.3) is 12.3 Å². The summed E-state index contributed by atoms with van der Waals surface area (Å²) >= 11 is 6.24. The van der Waals surface area contributed by atoms with Gasteiger partial charge in [0.2, 0.25) is 0 Å². The van der Waals surface area contributed by atoms with Crippen LogP contribution in [-0.4, -0.2) is 55.9 Å². The van der Waals surface area contributed by atoms with Crippen LogP contribution in [0.4, 0.5) is 22.0 Å².